The van der Waals surface area contributed by atoms with Gasteiger partial charge < -0.3 is 25.5 Å². The molecule has 3 aliphatic heterocycles. The zero-order valence-corrected chi connectivity index (χ0v) is 16.2. The van der Waals surface area contributed by atoms with E-state index in [1.54, 1.807) is 0 Å². The van der Waals surface area contributed by atoms with Crippen molar-refractivity contribution in [1.82, 2.24) is 15.2 Å². The van der Waals surface area contributed by atoms with Crippen LogP contribution in [0, 0.1) is 0 Å². The molecule has 2 amide bonds. The average Bonchev–Trinajstić information content (AvgIpc) is 2.91. The summed E-state index contributed by atoms with van der Waals surface area (Å²) in [4.78, 5) is 31.3. The number of nitrogens with zero attached hydrogens (tertiary/aromatic N) is 2. The minimum Gasteiger partial charge on any atom is -0.477 e. The highest BCUT2D eigenvalue weighted by Crippen LogP contribution is 2.20. The molecular weight excluding hydrogens is 358 g/mol. The number of fused-ring (bicyclic) bond motifs is 3. The van der Waals surface area contributed by atoms with Crippen LogP contribution in [0.15, 0.2) is 12.1 Å². The Morgan fingerprint density at radius 2 is 2.07 bits per heavy atom. The molecule has 0 aromatic carbocycles. The molecule has 1 aromatic rings. The molecule has 2 fully saturated rings. The molecule has 4 N–H and O–H groups in total. The highest BCUT2D eigenvalue weighted by molar-refractivity contribution is 5.74. The van der Waals surface area contributed by atoms with Crippen LogP contribution in [0.3, 0.4) is 0 Å². The van der Waals surface area contributed by atoms with Crippen LogP contribution in [-0.4, -0.2) is 71.8 Å². The van der Waals surface area contributed by atoms with Gasteiger partial charge in [-0.05, 0) is 37.3 Å². The highest BCUT2D eigenvalue weighted by Gasteiger charge is 2.45. The first kappa shape index (κ1) is 19.0. The van der Waals surface area contributed by atoms with E-state index in [4.69, 9.17) is 10.1 Å². The second-order valence-electron chi connectivity index (χ2n) is 8.20. The van der Waals surface area contributed by atoms with E-state index in [0.717, 1.165) is 61.5 Å². The number of aliphatic carboxylic acids is 1. The van der Waals surface area contributed by atoms with Gasteiger partial charge in [0.25, 0.3) is 0 Å². The summed E-state index contributed by atoms with van der Waals surface area (Å²) in [5.74, 6) is 0.265. The molecule has 0 radical (unpaired) electrons. The first-order valence-electron chi connectivity index (χ1n) is 10.4. The van der Waals surface area contributed by atoms with Gasteiger partial charge in [0.2, 0.25) is 0 Å². The Hall–Kier alpha value is -2.35. The number of carbonyl (C=O) groups excluding carboxylic acids is 1. The predicted molar refractivity (Wildman–Crippen MR) is 105 cm³/mol. The van der Waals surface area contributed by atoms with Crippen molar-refractivity contribution in [2.75, 3.05) is 38.0 Å². The van der Waals surface area contributed by atoms with E-state index in [-0.39, 0.29) is 24.7 Å². The summed E-state index contributed by atoms with van der Waals surface area (Å²) in [5, 5.41) is 15.5. The van der Waals surface area contributed by atoms with Crippen molar-refractivity contribution < 1.29 is 19.6 Å². The van der Waals surface area contributed by atoms with Crippen LogP contribution in [0.1, 0.15) is 36.9 Å². The molecule has 8 heteroatoms. The molecule has 2 saturated heterocycles. The Labute approximate surface area is 165 Å². The van der Waals surface area contributed by atoms with Crippen molar-refractivity contribution >= 4 is 17.8 Å². The number of hydrogen-bond acceptors (Lipinski definition) is 4. The minimum absolute atomic E-state index is 0.0219. The number of urea groups is 1. The Bertz CT molecular complexity index is 727. The van der Waals surface area contributed by atoms with Crippen LogP contribution in [0.4, 0.5) is 10.6 Å². The van der Waals surface area contributed by atoms with Gasteiger partial charge in [0.15, 0.2) is 6.54 Å². The second-order valence-corrected chi connectivity index (χ2v) is 8.20. The standard InChI is InChI=1S/C20H29N5O3/c26-18(27)13-25-16-7-8-17(25)12-24(11-16)20(28)22-10-2-4-15-6-5-14-3-1-9-21-19(14)23-15/h5-6,16-17H,1-4,7-13H2,(H,21,23)(H,22,28)(H,26,27)/p+1. The maximum Gasteiger partial charge on any atom is 0.359 e. The number of nitrogens with one attached hydrogen (secondary N) is 3. The number of pyridine rings is 1. The molecule has 2 unspecified atom stereocenters. The molecule has 3 aliphatic rings. The zero-order chi connectivity index (χ0) is 19.5. The SMILES string of the molecule is O=C(O)C[NH+]1C2CCC1CN(C(=O)NCCCc1ccc3c(n1)NCCC3)C2. The summed E-state index contributed by atoms with van der Waals surface area (Å²) in [6.07, 6.45) is 5.97. The lowest BCUT2D eigenvalue weighted by molar-refractivity contribution is -0.933. The van der Waals surface area contributed by atoms with Crippen molar-refractivity contribution in [1.29, 1.82) is 0 Å². The summed E-state index contributed by atoms with van der Waals surface area (Å²) in [6.45, 7) is 3.09. The molecule has 8 nitrogen and oxygen atoms in total. The molecule has 0 spiro atoms. The molecule has 28 heavy (non-hydrogen) atoms. The van der Waals surface area contributed by atoms with Crippen LogP contribution in [0.25, 0.3) is 0 Å². The molecular formula is C20H30N5O3+. The smallest absolute Gasteiger partial charge is 0.359 e. The van der Waals surface area contributed by atoms with Crippen LogP contribution in [-0.2, 0) is 17.6 Å². The number of carboxylic acid groups (broad SMARTS) is 1. The number of likely N-dealkylation sites (tertiary alicyclic amines) is 1. The number of piperazine rings is 1. The third kappa shape index (κ3) is 4.22. The van der Waals surface area contributed by atoms with Gasteiger partial charge in [0.1, 0.15) is 17.9 Å². The zero-order valence-electron chi connectivity index (χ0n) is 16.2. The van der Waals surface area contributed by atoms with Gasteiger partial charge in [0, 0.05) is 31.6 Å². The van der Waals surface area contributed by atoms with E-state index in [1.165, 1.54) is 5.56 Å². The maximum absolute atomic E-state index is 12.5. The van der Waals surface area contributed by atoms with Crippen molar-refractivity contribution in [2.24, 2.45) is 0 Å². The predicted octanol–water partition coefficient (Wildman–Crippen LogP) is -0.102. The molecule has 4 rings (SSSR count). The van der Waals surface area contributed by atoms with Crippen LogP contribution in [0.2, 0.25) is 0 Å². The van der Waals surface area contributed by atoms with Crippen molar-refractivity contribution in [3.63, 3.8) is 0 Å². The Kier molecular flexibility index (Phi) is 5.66. The van der Waals surface area contributed by atoms with Crippen molar-refractivity contribution in [2.45, 2.75) is 50.6 Å². The molecule has 0 saturated carbocycles. The molecule has 4 heterocycles. The summed E-state index contributed by atoms with van der Waals surface area (Å²) in [7, 11) is 0. The number of quaternary nitrogens is 1. The van der Waals surface area contributed by atoms with E-state index in [1.807, 2.05) is 4.90 Å². The van der Waals surface area contributed by atoms with Gasteiger partial charge in [-0.2, -0.15) is 0 Å². The van der Waals surface area contributed by atoms with Gasteiger partial charge in [-0.1, -0.05) is 6.07 Å². The van der Waals surface area contributed by atoms with Gasteiger partial charge >= 0.3 is 12.0 Å². The number of amides is 2. The topological polar surface area (TPSA) is 99.0 Å². The number of hydrogen-bond donors (Lipinski definition) is 4. The number of anilines is 1. The number of aryl methyl sites for hydroxylation is 2. The third-order valence-electron chi connectivity index (χ3n) is 6.27. The number of carbonyl (C=O) groups is 2. The highest BCUT2D eigenvalue weighted by atomic mass is 16.4. The Balaban J connectivity index is 1.21. The van der Waals surface area contributed by atoms with Gasteiger partial charge in [-0.25, -0.2) is 14.6 Å². The fourth-order valence-electron chi connectivity index (χ4n) is 4.84. The van der Waals surface area contributed by atoms with Gasteiger partial charge in [-0.15, -0.1) is 0 Å². The van der Waals surface area contributed by atoms with E-state index in [9.17, 15) is 9.59 Å². The molecule has 0 aliphatic carbocycles. The molecule has 152 valence electrons. The first-order chi connectivity index (χ1) is 13.6. The van der Waals surface area contributed by atoms with E-state index >= 15 is 0 Å². The Morgan fingerprint density at radius 1 is 1.29 bits per heavy atom. The van der Waals surface area contributed by atoms with E-state index in [0.29, 0.717) is 19.6 Å². The summed E-state index contributed by atoms with van der Waals surface area (Å²) >= 11 is 0. The monoisotopic (exact) mass is 388 g/mol. The third-order valence-corrected chi connectivity index (χ3v) is 6.27. The average molecular weight is 388 g/mol. The number of carboxylic acids is 1. The number of aromatic nitrogens is 1. The van der Waals surface area contributed by atoms with E-state index in [2.05, 4.69) is 22.8 Å². The normalized spacial score (nSPS) is 25.7. The van der Waals surface area contributed by atoms with Gasteiger partial charge in [0.05, 0.1) is 13.1 Å². The summed E-state index contributed by atoms with van der Waals surface area (Å²) < 4.78 is 0. The van der Waals surface area contributed by atoms with Crippen molar-refractivity contribution in [3.8, 4) is 0 Å². The van der Waals surface area contributed by atoms with Crippen molar-refractivity contribution in [3.05, 3.63) is 23.4 Å². The molecule has 1 aromatic heterocycles. The van der Waals surface area contributed by atoms with Crippen LogP contribution >= 0.6 is 0 Å². The fraction of sp³-hybridized carbons (Fsp3) is 0.650. The lowest BCUT2D eigenvalue weighted by atomic mass is 10.1. The van der Waals surface area contributed by atoms with Gasteiger partial charge in [-0.3, -0.25) is 0 Å². The lowest BCUT2D eigenvalue weighted by Crippen LogP contribution is -3.20. The minimum atomic E-state index is -0.754. The Morgan fingerprint density at radius 3 is 2.82 bits per heavy atom. The summed E-state index contributed by atoms with van der Waals surface area (Å²) in [5.41, 5.74) is 2.36. The largest absolute Gasteiger partial charge is 0.477 e. The van der Waals surface area contributed by atoms with E-state index < -0.39 is 5.97 Å². The lowest BCUT2D eigenvalue weighted by Gasteiger charge is -2.37. The summed E-state index contributed by atoms with van der Waals surface area (Å²) in [6, 6.07) is 4.75. The quantitative estimate of drug-likeness (QED) is 0.510. The second kappa shape index (κ2) is 8.34. The maximum atomic E-state index is 12.5. The number of rotatable bonds is 6. The fourth-order valence-corrected chi connectivity index (χ4v) is 4.84. The molecule has 2 atom stereocenters. The first-order valence-corrected chi connectivity index (χ1v) is 10.4. The van der Waals surface area contributed by atoms with Crippen LogP contribution in [0.5, 0.6) is 0 Å². The molecule has 2 bridgehead atoms. The van der Waals surface area contributed by atoms with Crippen LogP contribution < -0.4 is 15.5 Å².